The summed E-state index contributed by atoms with van der Waals surface area (Å²) < 4.78 is 0. The van der Waals surface area contributed by atoms with E-state index < -0.39 is 24.1 Å². The lowest BCUT2D eigenvalue weighted by Gasteiger charge is -2.26. The number of nitrogens with zero attached hydrogens (tertiary/aromatic N) is 2. The molecule has 37 heavy (non-hydrogen) atoms. The van der Waals surface area contributed by atoms with E-state index in [0.29, 0.717) is 36.6 Å². The molecule has 1 aliphatic heterocycles. The zero-order valence-electron chi connectivity index (χ0n) is 20.9. The van der Waals surface area contributed by atoms with Gasteiger partial charge in [0, 0.05) is 31.6 Å². The van der Waals surface area contributed by atoms with Gasteiger partial charge in [-0.1, -0.05) is 50.7 Å². The van der Waals surface area contributed by atoms with Crippen LogP contribution in [-0.2, 0) is 11.2 Å². The molecular formula is C28H40N4O5. The Bertz CT molecular complexity index is 1020. The monoisotopic (exact) mass is 512 g/mol. The van der Waals surface area contributed by atoms with Crippen molar-refractivity contribution in [3.8, 4) is 11.1 Å². The number of benzene rings is 2. The first-order valence-corrected chi connectivity index (χ1v) is 12.5. The Labute approximate surface area is 219 Å². The molecule has 2 aromatic rings. The van der Waals surface area contributed by atoms with Crippen molar-refractivity contribution in [3.63, 3.8) is 0 Å². The summed E-state index contributed by atoms with van der Waals surface area (Å²) in [7, 11) is 0. The van der Waals surface area contributed by atoms with Crippen molar-refractivity contribution in [2.24, 2.45) is 0 Å². The maximum Gasteiger partial charge on any atom is 0.341 e. The van der Waals surface area contributed by atoms with Crippen LogP contribution in [0.15, 0.2) is 48.5 Å². The lowest BCUT2D eigenvalue weighted by molar-refractivity contribution is -0.127. The summed E-state index contributed by atoms with van der Waals surface area (Å²) in [6.45, 7) is 4.88. The van der Waals surface area contributed by atoms with Crippen molar-refractivity contribution in [3.05, 3.63) is 59.7 Å². The van der Waals surface area contributed by atoms with Gasteiger partial charge in [0.1, 0.15) is 0 Å². The largest absolute Gasteiger partial charge is 0.391 e. The van der Waals surface area contributed by atoms with Gasteiger partial charge in [-0.15, -0.1) is 0 Å². The van der Waals surface area contributed by atoms with E-state index in [4.69, 9.17) is 0 Å². The molecule has 1 heterocycles. The summed E-state index contributed by atoms with van der Waals surface area (Å²) in [6.07, 6.45) is 1.96. The van der Waals surface area contributed by atoms with Gasteiger partial charge in [0.25, 0.3) is 5.91 Å². The third-order valence-corrected chi connectivity index (χ3v) is 6.40. The predicted molar refractivity (Wildman–Crippen MR) is 143 cm³/mol. The molecule has 0 saturated carbocycles. The molecule has 1 saturated heterocycles. The molecule has 1 aliphatic rings. The number of aliphatic hydroxyl groups is 1. The third kappa shape index (κ3) is 8.58. The van der Waals surface area contributed by atoms with Crippen LogP contribution in [0.5, 0.6) is 0 Å². The van der Waals surface area contributed by atoms with Crippen molar-refractivity contribution < 1.29 is 24.7 Å². The highest BCUT2D eigenvalue weighted by Crippen LogP contribution is 2.21. The molecule has 4 N–H and O–H groups in total. The molecule has 2 atom stereocenters. The van der Waals surface area contributed by atoms with E-state index in [1.807, 2.05) is 24.3 Å². The quantitative estimate of drug-likeness (QED) is 0.209. The number of urea groups is 1. The minimum absolute atomic E-state index is 0. The van der Waals surface area contributed by atoms with Crippen molar-refractivity contribution in [2.75, 3.05) is 26.2 Å². The number of hydroxylamine groups is 2. The van der Waals surface area contributed by atoms with Crippen molar-refractivity contribution in [2.45, 2.75) is 59.1 Å². The zero-order valence-corrected chi connectivity index (χ0v) is 20.9. The second kappa shape index (κ2) is 14.3. The normalized spacial score (nSPS) is 14.5. The number of hydrogen-bond acceptors (Lipinski definition) is 5. The first-order chi connectivity index (χ1) is 17.3. The second-order valence-corrected chi connectivity index (χ2v) is 9.10. The second-order valence-electron chi connectivity index (χ2n) is 9.10. The number of hydrogen-bond donors (Lipinski definition) is 4. The number of rotatable bonds is 11. The summed E-state index contributed by atoms with van der Waals surface area (Å²) in [5.74, 6) is -0.293. The minimum atomic E-state index is -1.01. The van der Waals surface area contributed by atoms with Crippen LogP contribution in [0.25, 0.3) is 11.1 Å². The summed E-state index contributed by atoms with van der Waals surface area (Å²) in [5.41, 5.74) is 3.69. The van der Waals surface area contributed by atoms with Crippen LogP contribution in [0.4, 0.5) is 4.79 Å². The number of amides is 4. The van der Waals surface area contributed by atoms with Crippen LogP contribution >= 0.6 is 0 Å². The molecule has 0 spiro atoms. The summed E-state index contributed by atoms with van der Waals surface area (Å²) in [6, 6.07) is 13.7. The van der Waals surface area contributed by atoms with Gasteiger partial charge < -0.3 is 20.6 Å². The van der Waals surface area contributed by atoms with E-state index in [0.717, 1.165) is 30.5 Å². The SMILES string of the molecule is C.CCc1ccc(-c2ccc(C(=O)N[C@H](CN(O)C(=O)NCCCN3CCCC3=O)[C@@H](C)O)cc2)cc1. The molecule has 0 bridgehead atoms. The van der Waals surface area contributed by atoms with Crippen LogP contribution in [0.1, 0.15) is 56.5 Å². The Hall–Kier alpha value is -3.43. The molecule has 4 amide bonds. The van der Waals surface area contributed by atoms with Gasteiger partial charge in [-0.25, -0.2) is 9.86 Å². The van der Waals surface area contributed by atoms with Gasteiger partial charge in [-0.2, -0.15) is 0 Å². The van der Waals surface area contributed by atoms with Crippen molar-refractivity contribution in [1.82, 2.24) is 20.6 Å². The topological polar surface area (TPSA) is 122 Å². The van der Waals surface area contributed by atoms with E-state index in [-0.39, 0.29) is 19.9 Å². The van der Waals surface area contributed by atoms with E-state index in [2.05, 4.69) is 29.7 Å². The highest BCUT2D eigenvalue weighted by Gasteiger charge is 2.24. The molecule has 2 aromatic carbocycles. The first-order valence-electron chi connectivity index (χ1n) is 12.5. The fraction of sp³-hybridized carbons (Fsp3) is 0.464. The van der Waals surface area contributed by atoms with Crippen LogP contribution in [-0.4, -0.2) is 76.4 Å². The Balaban J connectivity index is 0.00000481. The molecule has 0 aliphatic carbocycles. The number of aliphatic hydroxyl groups excluding tert-OH is 1. The van der Waals surface area contributed by atoms with Crippen LogP contribution < -0.4 is 10.6 Å². The minimum Gasteiger partial charge on any atom is -0.391 e. The first kappa shape index (κ1) is 29.8. The molecule has 0 aromatic heterocycles. The zero-order chi connectivity index (χ0) is 26.1. The number of likely N-dealkylation sites (tertiary alicyclic amines) is 1. The average Bonchev–Trinajstić information content (AvgIpc) is 3.30. The summed E-state index contributed by atoms with van der Waals surface area (Å²) in [4.78, 5) is 38.4. The van der Waals surface area contributed by atoms with Crippen molar-refractivity contribution in [1.29, 1.82) is 0 Å². The molecule has 0 radical (unpaired) electrons. The molecule has 0 unspecified atom stereocenters. The molecular weight excluding hydrogens is 472 g/mol. The molecule has 9 nitrogen and oxygen atoms in total. The smallest absolute Gasteiger partial charge is 0.341 e. The fourth-order valence-corrected chi connectivity index (χ4v) is 4.08. The highest BCUT2D eigenvalue weighted by atomic mass is 16.5. The lowest BCUT2D eigenvalue weighted by atomic mass is 10.0. The van der Waals surface area contributed by atoms with E-state index in [9.17, 15) is 24.7 Å². The average molecular weight is 513 g/mol. The summed E-state index contributed by atoms with van der Waals surface area (Å²) in [5, 5.41) is 26.0. The van der Waals surface area contributed by atoms with E-state index in [1.165, 1.54) is 12.5 Å². The maximum atomic E-state index is 12.8. The third-order valence-electron chi connectivity index (χ3n) is 6.40. The Morgan fingerprint density at radius 1 is 1.08 bits per heavy atom. The number of nitrogens with one attached hydrogen (secondary N) is 2. The van der Waals surface area contributed by atoms with Gasteiger partial charge in [0.05, 0.1) is 18.7 Å². The van der Waals surface area contributed by atoms with Crippen molar-refractivity contribution >= 4 is 17.8 Å². The van der Waals surface area contributed by atoms with Crippen LogP contribution in [0.2, 0.25) is 0 Å². The number of aryl methyl sites for hydroxylation is 1. The predicted octanol–water partition coefficient (Wildman–Crippen LogP) is 3.44. The van der Waals surface area contributed by atoms with Gasteiger partial charge >= 0.3 is 6.03 Å². The Morgan fingerprint density at radius 3 is 2.24 bits per heavy atom. The van der Waals surface area contributed by atoms with Gasteiger partial charge in [0.2, 0.25) is 5.91 Å². The number of carbonyl (C=O) groups excluding carboxylic acids is 3. The molecule has 1 fully saturated rings. The van der Waals surface area contributed by atoms with Gasteiger partial charge in [-0.3, -0.25) is 14.8 Å². The molecule has 9 heteroatoms. The standard InChI is InChI=1S/C27H36N4O5.CH4/c1-3-20-7-9-21(10-8-20)22-11-13-23(14-12-22)26(34)29-24(19(2)32)18-31(36)27(35)28-15-5-17-30-16-4-6-25(30)33;/h7-14,19,24,32,36H,3-6,15-18H2,1-2H3,(H,28,35)(H,29,34);1H4/t19-,24-;/m1./s1. The lowest BCUT2D eigenvalue weighted by Crippen LogP contribution is -2.52. The van der Waals surface area contributed by atoms with Gasteiger partial charge in [-0.05, 0) is 55.0 Å². The van der Waals surface area contributed by atoms with E-state index >= 15 is 0 Å². The fourth-order valence-electron chi connectivity index (χ4n) is 4.08. The Kier molecular flexibility index (Phi) is 11.6. The van der Waals surface area contributed by atoms with Gasteiger partial charge in [0.15, 0.2) is 0 Å². The summed E-state index contributed by atoms with van der Waals surface area (Å²) >= 11 is 0. The number of carbonyl (C=O) groups is 3. The van der Waals surface area contributed by atoms with Crippen LogP contribution in [0.3, 0.4) is 0 Å². The maximum absolute atomic E-state index is 12.8. The Morgan fingerprint density at radius 2 is 1.70 bits per heavy atom. The molecule has 202 valence electrons. The van der Waals surface area contributed by atoms with E-state index in [1.54, 1.807) is 17.0 Å². The van der Waals surface area contributed by atoms with Crippen LogP contribution in [0, 0.1) is 0 Å². The highest BCUT2D eigenvalue weighted by molar-refractivity contribution is 5.95. The molecule has 3 rings (SSSR count).